The molecule has 0 aromatic rings. The van der Waals surface area contributed by atoms with Crippen molar-refractivity contribution in [2.45, 2.75) is 6.92 Å². The molecule has 0 aromatic carbocycles. The van der Waals surface area contributed by atoms with Gasteiger partial charge in [0, 0.05) is 0 Å². The van der Waals surface area contributed by atoms with E-state index < -0.39 is 9.05 Å². The van der Waals surface area contributed by atoms with Crippen molar-refractivity contribution in [3.8, 4) is 0 Å². The molecule has 0 rings (SSSR count). The quantitative estimate of drug-likeness (QED) is 0.303. The molecular formula is C2H5Na2O3S2+. The average molecular weight is 187 g/mol. The summed E-state index contributed by atoms with van der Waals surface area (Å²) in [7, 11) is -3.60. The minimum atomic E-state index is -4.01. The molecule has 0 aliphatic heterocycles. The van der Waals surface area contributed by atoms with E-state index >= 15 is 0 Å². The van der Waals surface area contributed by atoms with Crippen LogP contribution in [0.4, 0.5) is 0 Å². The maximum absolute atomic E-state index is 9.64. The maximum atomic E-state index is 9.64. The summed E-state index contributed by atoms with van der Waals surface area (Å²) in [5, 5.41) is 0. The van der Waals surface area contributed by atoms with E-state index in [4.69, 9.17) is 0 Å². The van der Waals surface area contributed by atoms with Crippen molar-refractivity contribution in [3.05, 3.63) is 0 Å². The summed E-state index contributed by atoms with van der Waals surface area (Å²) in [5.74, 6) is 0.325. The molecule has 0 amide bonds. The Balaban J connectivity index is -0.000000180. The van der Waals surface area contributed by atoms with E-state index in [1.807, 2.05) is 0 Å². The van der Waals surface area contributed by atoms with E-state index in [1.54, 1.807) is 6.92 Å². The number of hydrogen-bond acceptors (Lipinski definition) is 3. The molecule has 3 nitrogen and oxygen atoms in total. The zero-order chi connectivity index (χ0) is 5.91. The van der Waals surface area contributed by atoms with Gasteiger partial charge in [-0.25, -0.2) is 4.21 Å². The standard InChI is InChI=1S/C2H6O3S2.2Na/c1-2-6-7(3,4)5;;/h2H2,1H3,(H-,3,4,5);;/q;2*+1/p-1. The van der Waals surface area contributed by atoms with Crippen LogP contribution < -0.4 is 59.1 Å². The minimum absolute atomic E-state index is 0. The first-order valence-corrected chi connectivity index (χ1v) is 4.57. The van der Waals surface area contributed by atoms with Gasteiger partial charge in [0.05, 0.1) is 9.05 Å². The van der Waals surface area contributed by atoms with Gasteiger partial charge < -0.3 is 9.11 Å². The Morgan fingerprint density at radius 2 is 1.78 bits per heavy atom. The second-order valence-corrected chi connectivity index (χ2v) is 4.38. The monoisotopic (exact) mass is 187 g/mol. The van der Waals surface area contributed by atoms with Crippen LogP contribution >= 0.6 is 0 Å². The summed E-state index contributed by atoms with van der Waals surface area (Å²) < 4.78 is 28.9. The summed E-state index contributed by atoms with van der Waals surface area (Å²) in [6.07, 6.45) is 0. The largest absolute Gasteiger partial charge is 1.00 e. The molecule has 0 saturated heterocycles. The maximum Gasteiger partial charge on any atom is 1.00 e. The van der Waals surface area contributed by atoms with Gasteiger partial charge >= 0.3 is 59.1 Å². The van der Waals surface area contributed by atoms with Crippen LogP contribution in [0.2, 0.25) is 0 Å². The second-order valence-electron chi connectivity index (χ2n) is 0.815. The molecule has 0 N–H and O–H groups in total. The number of hydrogen-bond donors (Lipinski definition) is 0. The van der Waals surface area contributed by atoms with E-state index in [9.17, 15) is 13.3 Å². The zero-order valence-electron chi connectivity index (χ0n) is 5.75. The second kappa shape index (κ2) is 8.39. The van der Waals surface area contributed by atoms with Gasteiger partial charge in [-0.05, 0) is 6.92 Å². The Kier molecular flexibility index (Phi) is 16.2. The van der Waals surface area contributed by atoms with Gasteiger partial charge in [0.25, 0.3) is 0 Å². The van der Waals surface area contributed by atoms with Crippen molar-refractivity contribution in [3.63, 3.8) is 0 Å². The Morgan fingerprint density at radius 1 is 1.44 bits per heavy atom. The van der Waals surface area contributed by atoms with Gasteiger partial charge in [0.2, 0.25) is 10.3 Å². The van der Waals surface area contributed by atoms with Crippen LogP contribution in [-0.2, 0) is 19.4 Å². The predicted molar refractivity (Wildman–Crippen MR) is 27.6 cm³/mol. The van der Waals surface area contributed by atoms with E-state index in [2.05, 4.69) is 0 Å². The molecule has 0 bridgehead atoms. The minimum Gasteiger partial charge on any atom is -0.746 e. The summed E-state index contributed by atoms with van der Waals surface area (Å²) in [4.78, 5) is 0. The van der Waals surface area contributed by atoms with Crippen molar-refractivity contribution in [1.29, 1.82) is 0 Å². The Morgan fingerprint density at radius 3 is 1.78 bits per heavy atom. The SMILES string of the molecule is CC[S+]=S(=O)([O-])[O-].[Na+].[Na+]. The molecule has 0 aromatic heterocycles. The topological polar surface area (TPSA) is 63.2 Å². The van der Waals surface area contributed by atoms with Gasteiger partial charge in [0.1, 0.15) is 0 Å². The third kappa shape index (κ3) is 17.9. The third-order valence-corrected chi connectivity index (χ3v) is 2.36. The van der Waals surface area contributed by atoms with Gasteiger partial charge in [-0.3, -0.25) is 0 Å². The van der Waals surface area contributed by atoms with E-state index in [0.29, 0.717) is 16.1 Å². The van der Waals surface area contributed by atoms with Crippen LogP contribution in [-0.4, -0.2) is 19.1 Å². The molecule has 0 atom stereocenters. The fourth-order valence-electron chi connectivity index (χ4n) is 0.144. The Bertz CT molecular complexity index is 142. The smallest absolute Gasteiger partial charge is 0.746 e. The van der Waals surface area contributed by atoms with Crippen molar-refractivity contribution in [2.24, 2.45) is 0 Å². The summed E-state index contributed by atoms with van der Waals surface area (Å²) in [5.41, 5.74) is 0. The molecular weight excluding hydrogens is 182 g/mol. The average Bonchev–Trinajstić information content (AvgIpc) is 1.30. The van der Waals surface area contributed by atoms with E-state index in [0.717, 1.165) is 0 Å². The van der Waals surface area contributed by atoms with Crippen LogP contribution in [0, 0.1) is 0 Å². The molecule has 0 saturated carbocycles. The molecule has 0 aliphatic carbocycles. The van der Waals surface area contributed by atoms with Crippen molar-refractivity contribution < 1.29 is 72.4 Å². The molecule has 9 heavy (non-hydrogen) atoms. The van der Waals surface area contributed by atoms with Crippen molar-refractivity contribution >= 4 is 19.4 Å². The Labute approximate surface area is 103 Å². The summed E-state index contributed by atoms with van der Waals surface area (Å²) >= 11 is 0. The van der Waals surface area contributed by atoms with E-state index in [1.165, 1.54) is 0 Å². The normalized spacial score (nSPS) is 8.78. The molecule has 0 spiro atoms. The van der Waals surface area contributed by atoms with Gasteiger partial charge in [0.15, 0.2) is 5.75 Å². The van der Waals surface area contributed by atoms with Crippen LogP contribution in [0.1, 0.15) is 6.92 Å². The molecule has 44 valence electrons. The third-order valence-electron chi connectivity index (χ3n) is 0.262. The molecule has 0 heterocycles. The van der Waals surface area contributed by atoms with Crippen LogP contribution in [0.25, 0.3) is 0 Å². The first-order valence-electron chi connectivity index (χ1n) is 1.66. The summed E-state index contributed by atoms with van der Waals surface area (Å²) in [6, 6.07) is 0. The molecule has 7 heteroatoms. The Hall–Kier alpha value is 2.29. The van der Waals surface area contributed by atoms with Gasteiger partial charge in [-0.2, -0.15) is 0 Å². The first kappa shape index (κ1) is 17.4. The van der Waals surface area contributed by atoms with Crippen LogP contribution in [0.5, 0.6) is 0 Å². The van der Waals surface area contributed by atoms with Crippen molar-refractivity contribution in [1.82, 2.24) is 0 Å². The van der Waals surface area contributed by atoms with E-state index in [-0.39, 0.29) is 59.1 Å². The van der Waals surface area contributed by atoms with Crippen LogP contribution in [0.3, 0.4) is 0 Å². The van der Waals surface area contributed by atoms with Gasteiger partial charge in [-0.1, -0.05) is 0 Å². The zero-order valence-corrected chi connectivity index (χ0v) is 11.4. The van der Waals surface area contributed by atoms with Crippen LogP contribution in [0.15, 0.2) is 0 Å². The predicted octanol–water partition coefficient (Wildman–Crippen LogP) is -6.44. The molecule has 0 fully saturated rings. The van der Waals surface area contributed by atoms with Gasteiger partial charge in [-0.15, -0.1) is 0 Å². The first-order chi connectivity index (χ1) is 3.06. The fourth-order valence-corrected chi connectivity index (χ4v) is 1.30. The number of rotatable bonds is 1. The molecule has 0 radical (unpaired) electrons. The van der Waals surface area contributed by atoms with Crippen molar-refractivity contribution in [2.75, 3.05) is 5.75 Å². The fraction of sp³-hybridized carbons (Fsp3) is 1.00. The summed E-state index contributed by atoms with van der Waals surface area (Å²) in [6.45, 7) is 1.61. The molecule has 0 unspecified atom stereocenters. The molecule has 0 aliphatic rings.